The average Bonchev–Trinajstić information content (AvgIpc) is 3.64. The quantitative estimate of drug-likeness (QED) is 0.160. The molecule has 54 heavy (non-hydrogen) atoms. The van der Waals surface area contributed by atoms with Crippen molar-refractivity contribution in [3.8, 4) is 44.5 Å². The second-order valence-electron chi connectivity index (χ2n) is 13.7. The molecule has 0 fully saturated rings. The van der Waals surface area contributed by atoms with E-state index >= 15 is 0 Å². The molecule has 0 bridgehead atoms. The summed E-state index contributed by atoms with van der Waals surface area (Å²) < 4.78 is 2.57. The largest absolute Gasteiger partial charge is 0.309 e. The van der Waals surface area contributed by atoms with Crippen LogP contribution in [-0.4, -0.2) is 0 Å². The van der Waals surface area contributed by atoms with E-state index in [2.05, 4.69) is 217 Å². The molecule has 9 aromatic carbocycles. The van der Waals surface area contributed by atoms with Gasteiger partial charge in [-0.25, -0.2) is 0 Å². The van der Waals surface area contributed by atoms with Crippen LogP contribution < -0.4 is 4.90 Å². The topological polar surface area (TPSA) is 3.24 Å². The summed E-state index contributed by atoms with van der Waals surface area (Å²) in [6.07, 6.45) is 0. The smallest absolute Gasteiger partial charge is 0.0640 e. The second-order valence-corrected chi connectivity index (χ2v) is 14.7. The number of rotatable bonds is 7. The van der Waals surface area contributed by atoms with Gasteiger partial charge in [-0.05, 0) is 91.7 Å². The summed E-state index contributed by atoms with van der Waals surface area (Å²) in [5.74, 6) is 0. The Hall–Kier alpha value is -6.74. The summed E-state index contributed by atoms with van der Waals surface area (Å²) in [6.45, 7) is 0. The van der Waals surface area contributed by atoms with E-state index in [1.807, 2.05) is 11.3 Å². The van der Waals surface area contributed by atoms with E-state index < -0.39 is 0 Å². The van der Waals surface area contributed by atoms with E-state index in [9.17, 15) is 0 Å². The van der Waals surface area contributed by atoms with Crippen molar-refractivity contribution in [2.24, 2.45) is 0 Å². The first-order valence-corrected chi connectivity index (χ1v) is 19.2. The highest BCUT2D eigenvalue weighted by molar-refractivity contribution is 7.26. The molecule has 0 amide bonds. The Morgan fingerprint density at radius 1 is 0.296 bits per heavy atom. The summed E-state index contributed by atoms with van der Waals surface area (Å²) >= 11 is 1.87. The molecule has 0 unspecified atom stereocenters. The van der Waals surface area contributed by atoms with E-state index in [0.717, 1.165) is 11.4 Å². The van der Waals surface area contributed by atoms with Gasteiger partial charge in [0.05, 0.1) is 10.4 Å². The first-order valence-electron chi connectivity index (χ1n) is 18.4. The Kier molecular flexibility index (Phi) is 8.09. The summed E-state index contributed by atoms with van der Waals surface area (Å²) in [6, 6.07) is 77.1. The zero-order chi connectivity index (χ0) is 35.8. The molecule has 1 nitrogen and oxygen atoms in total. The molecular weight excluding hydrogens is 671 g/mol. The molecule has 0 aliphatic carbocycles. The number of hydrogen-bond donors (Lipinski definition) is 0. The van der Waals surface area contributed by atoms with Gasteiger partial charge >= 0.3 is 0 Å². The first-order chi connectivity index (χ1) is 26.8. The van der Waals surface area contributed by atoms with Crippen LogP contribution in [0.15, 0.2) is 212 Å². The van der Waals surface area contributed by atoms with Gasteiger partial charge in [0.1, 0.15) is 0 Å². The maximum atomic E-state index is 2.46. The van der Waals surface area contributed by atoms with Gasteiger partial charge in [-0.2, -0.15) is 0 Å². The molecule has 0 saturated carbocycles. The lowest BCUT2D eigenvalue weighted by Gasteiger charge is -2.28. The van der Waals surface area contributed by atoms with Crippen LogP contribution in [0.25, 0.3) is 75.5 Å². The number of anilines is 3. The number of thiophene rings is 1. The van der Waals surface area contributed by atoms with Gasteiger partial charge in [0, 0.05) is 26.8 Å². The van der Waals surface area contributed by atoms with Crippen molar-refractivity contribution in [3.05, 3.63) is 212 Å². The highest BCUT2D eigenvalue weighted by atomic mass is 32.1. The second kappa shape index (κ2) is 13.7. The molecule has 10 rings (SSSR count). The van der Waals surface area contributed by atoms with Crippen molar-refractivity contribution < 1.29 is 0 Å². The van der Waals surface area contributed by atoms with E-state index in [1.54, 1.807) is 0 Å². The maximum absolute atomic E-state index is 2.46. The third-order valence-corrected chi connectivity index (χ3v) is 11.7. The zero-order valence-electron chi connectivity index (χ0n) is 29.6. The van der Waals surface area contributed by atoms with Crippen LogP contribution in [0.3, 0.4) is 0 Å². The molecule has 0 N–H and O–H groups in total. The highest BCUT2D eigenvalue weighted by Crippen LogP contribution is 2.47. The molecule has 0 spiro atoms. The fourth-order valence-electron chi connectivity index (χ4n) is 7.97. The van der Waals surface area contributed by atoms with Crippen LogP contribution >= 0.6 is 11.3 Å². The van der Waals surface area contributed by atoms with Crippen molar-refractivity contribution >= 4 is 59.3 Å². The minimum atomic E-state index is 1.11. The summed E-state index contributed by atoms with van der Waals surface area (Å²) in [7, 11) is 0. The molecule has 0 aliphatic heterocycles. The fraction of sp³-hybridized carbons (Fsp3) is 0. The predicted molar refractivity (Wildman–Crippen MR) is 233 cm³/mol. The molecule has 0 atom stereocenters. The van der Waals surface area contributed by atoms with Gasteiger partial charge in [0.15, 0.2) is 0 Å². The normalized spacial score (nSPS) is 11.3. The average molecular weight is 706 g/mol. The molecular formula is C52H35NS. The third-order valence-electron chi connectivity index (χ3n) is 10.5. The van der Waals surface area contributed by atoms with Crippen molar-refractivity contribution in [1.82, 2.24) is 0 Å². The lowest BCUT2D eigenvalue weighted by atomic mass is 9.92. The van der Waals surface area contributed by atoms with Crippen LogP contribution in [0.5, 0.6) is 0 Å². The Bertz CT molecular complexity index is 2930. The van der Waals surface area contributed by atoms with Crippen LogP contribution in [0.4, 0.5) is 17.1 Å². The lowest BCUT2D eigenvalue weighted by molar-refractivity contribution is 1.30. The van der Waals surface area contributed by atoms with E-state index in [4.69, 9.17) is 0 Å². The van der Waals surface area contributed by atoms with Crippen molar-refractivity contribution in [1.29, 1.82) is 0 Å². The number of fused-ring (bicyclic) bond motifs is 4. The Morgan fingerprint density at radius 3 is 1.46 bits per heavy atom. The lowest BCUT2D eigenvalue weighted by Crippen LogP contribution is -2.10. The van der Waals surface area contributed by atoms with E-state index in [1.165, 1.54) is 81.1 Å². The summed E-state index contributed by atoms with van der Waals surface area (Å²) in [5.41, 5.74) is 13.1. The molecule has 2 heteroatoms. The van der Waals surface area contributed by atoms with Gasteiger partial charge in [-0.15, -0.1) is 11.3 Å². The van der Waals surface area contributed by atoms with Gasteiger partial charge in [0.25, 0.3) is 0 Å². The number of benzene rings is 9. The number of nitrogens with zero attached hydrogens (tertiary/aromatic N) is 1. The van der Waals surface area contributed by atoms with Crippen LogP contribution in [0.2, 0.25) is 0 Å². The Balaban J connectivity index is 1.20. The minimum Gasteiger partial charge on any atom is -0.309 e. The third kappa shape index (κ3) is 5.65. The van der Waals surface area contributed by atoms with E-state index in [0.29, 0.717) is 0 Å². The van der Waals surface area contributed by atoms with Crippen molar-refractivity contribution in [2.75, 3.05) is 4.90 Å². The van der Waals surface area contributed by atoms with Crippen molar-refractivity contribution in [3.63, 3.8) is 0 Å². The van der Waals surface area contributed by atoms with Crippen LogP contribution in [-0.2, 0) is 0 Å². The fourth-order valence-corrected chi connectivity index (χ4v) is 9.17. The van der Waals surface area contributed by atoms with Gasteiger partial charge in [-0.1, -0.05) is 176 Å². The maximum Gasteiger partial charge on any atom is 0.0640 e. The van der Waals surface area contributed by atoms with Gasteiger partial charge < -0.3 is 4.90 Å². The molecule has 0 radical (unpaired) electrons. The summed E-state index contributed by atoms with van der Waals surface area (Å²) in [4.78, 5) is 2.46. The monoisotopic (exact) mass is 705 g/mol. The van der Waals surface area contributed by atoms with Crippen LogP contribution in [0, 0.1) is 0 Å². The molecule has 0 saturated heterocycles. The first kappa shape index (κ1) is 32.0. The molecule has 1 aromatic heterocycles. The molecule has 254 valence electrons. The summed E-state index contributed by atoms with van der Waals surface area (Å²) in [5, 5.41) is 5.07. The predicted octanol–water partition coefficient (Wildman–Crippen LogP) is 15.3. The van der Waals surface area contributed by atoms with E-state index in [-0.39, 0.29) is 0 Å². The van der Waals surface area contributed by atoms with Gasteiger partial charge in [0.2, 0.25) is 0 Å². The number of hydrogen-bond acceptors (Lipinski definition) is 2. The van der Waals surface area contributed by atoms with Gasteiger partial charge in [-0.3, -0.25) is 0 Å². The standard InChI is InChI=1S/C52H35NS/c1-4-16-36(17-5-1)42-32-33-44(46-25-11-10-24-45(42)46)39-22-14-23-40(34-39)53(50-28-15-27-48-47-26-12-13-29-51(47)54-52(48)50)41-30-31-43(37-18-6-2-7-19-37)49(35-41)38-20-8-3-9-21-38/h1-35H. The zero-order valence-corrected chi connectivity index (χ0v) is 30.4. The molecule has 0 aliphatic rings. The SMILES string of the molecule is c1ccc(-c2ccc(N(c3cccc(-c4ccc(-c5ccccc5)c5ccccc45)c3)c3cccc4c3sc3ccccc34)cc2-c2ccccc2)cc1. The highest BCUT2D eigenvalue weighted by Gasteiger charge is 2.21. The van der Waals surface area contributed by atoms with Crippen LogP contribution in [0.1, 0.15) is 0 Å². The Morgan fingerprint density at radius 2 is 0.778 bits per heavy atom. The Labute approximate surface area is 319 Å². The minimum absolute atomic E-state index is 1.11. The molecule has 1 heterocycles. The van der Waals surface area contributed by atoms with Crippen molar-refractivity contribution in [2.45, 2.75) is 0 Å². The molecule has 10 aromatic rings.